The van der Waals surface area contributed by atoms with Crippen molar-refractivity contribution in [1.29, 1.82) is 0 Å². The summed E-state index contributed by atoms with van der Waals surface area (Å²) in [6, 6.07) is 6.96. The number of carbonyl (C=O) groups excluding carboxylic acids is 1. The second kappa shape index (κ2) is 6.65. The molecule has 7 heteroatoms. The van der Waals surface area contributed by atoms with Crippen LogP contribution in [0.4, 0.5) is 0 Å². The fourth-order valence-electron chi connectivity index (χ4n) is 1.69. The Kier molecular flexibility index (Phi) is 4.65. The third kappa shape index (κ3) is 3.31. The number of hydrogen-bond acceptors (Lipinski definition) is 5. The summed E-state index contributed by atoms with van der Waals surface area (Å²) in [6.07, 6.45) is 0. The summed E-state index contributed by atoms with van der Waals surface area (Å²) in [5.74, 6) is 1.25. The number of tetrazole rings is 1. The van der Waals surface area contributed by atoms with Gasteiger partial charge in [0.2, 0.25) is 0 Å². The van der Waals surface area contributed by atoms with Gasteiger partial charge in [-0.05, 0) is 48.5 Å². The molecule has 0 aliphatic carbocycles. The van der Waals surface area contributed by atoms with E-state index in [1.54, 1.807) is 28.9 Å². The number of aromatic nitrogens is 4. The highest BCUT2D eigenvalue weighted by atomic mass is 16.5. The zero-order chi connectivity index (χ0) is 14.4. The lowest BCUT2D eigenvalue weighted by atomic mass is 10.2. The number of benzene rings is 1. The lowest BCUT2D eigenvalue weighted by molar-refractivity contribution is 0.0956. The molecule has 0 spiro atoms. The van der Waals surface area contributed by atoms with E-state index in [0.717, 1.165) is 0 Å². The fourth-order valence-corrected chi connectivity index (χ4v) is 1.69. The molecule has 2 aromatic rings. The summed E-state index contributed by atoms with van der Waals surface area (Å²) in [7, 11) is 0. The van der Waals surface area contributed by atoms with Crippen LogP contribution in [0.15, 0.2) is 24.3 Å². The first-order valence-electron chi connectivity index (χ1n) is 6.50. The Morgan fingerprint density at radius 2 is 2.05 bits per heavy atom. The standard InChI is InChI=1S/C13H17N5O2/c1-3-14-13(19)10-5-7-11(8-6-10)20-9-12-15-16-17-18(12)4-2/h5-8H,3-4,9H2,1-2H3,(H,14,19). The number of nitrogens with zero attached hydrogens (tertiary/aromatic N) is 4. The summed E-state index contributed by atoms with van der Waals surface area (Å²) >= 11 is 0. The largest absolute Gasteiger partial charge is 0.486 e. The minimum atomic E-state index is -0.0889. The van der Waals surface area contributed by atoms with Crippen LogP contribution in [0.3, 0.4) is 0 Å². The van der Waals surface area contributed by atoms with Crippen molar-refractivity contribution in [3.05, 3.63) is 35.7 Å². The minimum Gasteiger partial charge on any atom is -0.486 e. The molecular formula is C13H17N5O2. The molecular weight excluding hydrogens is 258 g/mol. The van der Waals surface area contributed by atoms with Crippen molar-refractivity contribution in [3.8, 4) is 5.75 Å². The first-order chi connectivity index (χ1) is 9.74. The molecule has 0 fully saturated rings. The van der Waals surface area contributed by atoms with E-state index >= 15 is 0 Å². The molecule has 7 nitrogen and oxygen atoms in total. The third-order valence-electron chi connectivity index (χ3n) is 2.73. The Bertz CT molecular complexity index is 564. The molecule has 0 aliphatic heterocycles. The highest BCUT2D eigenvalue weighted by molar-refractivity contribution is 5.94. The molecule has 0 unspecified atom stereocenters. The smallest absolute Gasteiger partial charge is 0.251 e. The van der Waals surface area contributed by atoms with Gasteiger partial charge in [0.05, 0.1) is 0 Å². The summed E-state index contributed by atoms with van der Waals surface area (Å²) in [5, 5.41) is 14.0. The average molecular weight is 275 g/mol. The van der Waals surface area contributed by atoms with Gasteiger partial charge in [0, 0.05) is 18.7 Å². The van der Waals surface area contributed by atoms with E-state index in [4.69, 9.17) is 4.74 Å². The second-order valence-corrected chi connectivity index (χ2v) is 4.08. The van der Waals surface area contributed by atoms with Gasteiger partial charge in [0.1, 0.15) is 12.4 Å². The molecule has 106 valence electrons. The van der Waals surface area contributed by atoms with Gasteiger partial charge in [-0.15, -0.1) is 5.10 Å². The lowest BCUT2D eigenvalue weighted by Crippen LogP contribution is -2.22. The monoisotopic (exact) mass is 275 g/mol. The first-order valence-corrected chi connectivity index (χ1v) is 6.50. The van der Waals surface area contributed by atoms with Crippen LogP contribution >= 0.6 is 0 Å². The number of rotatable bonds is 6. The molecule has 0 radical (unpaired) electrons. The number of nitrogens with one attached hydrogen (secondary N) is 1. The van der Waals surface area contributed by atoms with Crippen molar-refractivity contribution in [2.24, 2.45) is 0 Å². The maximum absolute atomic E-state index is 11.6. The second-order valence-electron chi connectivity index (χ2n) is 4.08. The summed E-state index contributed by atoms with van der Waals surface area (Å²) < 4.78 is 7.26. The average Bonchev–Trinajstić information content (AvgIpc) is 2.93. The molecule has 0 aliphatic rings. The van der Waals surface area contributed by atoms with Crippen LogP contribution in [-0.2, 0) is 13.2 Å². The quantitative estimate of drug-likeness (QED) is 0.851. The van der Waals surface area contributed by atoms with E-state index < -0.39 is 0 Å². The SMILES string of the molecule is CCNC(=O)c1ccc(OCc2nnnn2CC)cc1. The summed E-state index contributed by atoms with van der Waals surface area (Å²) in [6.45, 7) is 5.44. The van der Waals surface area contributed by atoms with Crippen LogP contribution < -0.4 is 10.1 Å². The molecule has 1 heterocycles. The van der Waals surface area contributed by atoms with Crippen LogP contribution in [0.5, 0.6) is 5.75 Å². The highest BCUT2D eigenvalue weighted by Crippen LogP contribution is 2.13. The van der Waals surface area contributed by atoms with Gasteiger partial charge >= 0.3 is 0 Å². The Labute approximate surface area is 116 Å². The maximum atomic E-state index is 11.6. The Morgan fingerprint density at radius 1 is 1.30 bits per heavy atom. The normalized spacial score (nSPS) is 10.3. The van der Waals surface area contributed by atoms with Crippen molar-refractivity contribution in [1.82, 2.24) is 25.5 Å². The molecule has 0 saturated heterocycles. The zero-order valence-electron chi connectivity index (χ0n) is 11.5. The van der Waals surface area contributed by atoms with Crippen LogP contribution in [0.25, 0.3) is 0 Å². The van der Waals surface area contributed by atoms with Crippen molar-refractivity contribution in [2.75, 3.05) is 6.54 Å². The molecule has 20 heavy (non-hydrogen) atoms. The van der Waals surface area contributed by atoms with Gasteiger partial charge in [-0.25, -0.2) is 4.68 Å². The molecule has 1 N–H and O–H groups in total. The maximum Gasteiger partial charge on any atom is 0.251 e. The minimum absolute atomic E-state index is 0.0889. The number of hydrogen-bond donors (Lipinski definition) is 1. The van der Waals surface area contributed by atoms with Crippen molar-refractivity contribution in [2.45, 2.75) is 27.0 Å². The van der Waals surface area contributed by atoms with E-state index in [1.165, 1.54) is 0 Å². The third-order valence-corrected chi connectivity index (χ3v) is 2.73. The topological polar surface area (TPSA) is 81.9 Å². The lowest BCUT2D eigenvalue weighted by Gasteiger charge is -2.07. The van der Waals surface area contributed by atoms with Crippen molar-refractivity contribution in [3.63, 3.8) is 0 Å². The summed E-state index contributed by atoms with van der Waals surface area (Å²) in [4.78, 5) is 11.6. The van der Waals surface area contributed by atoms with Gasteiger partial charge < -0.3 is 10.1 Å². The highest BCUT2D eigenvalue weighted by Gasteiger charge is 2.06. The van der Waals surface area contributed by atoms with Crippen LogP contribution in [-0.4, -0.2) is 32.7 Å². The van der Waals surface area contributed by atoms with Crippen LogP contribution in [0.2, 0.25) is 0 Å². The summed E-state index contributed by atoms with van der Waals surface area (Å²) in [5.41, 5.74) is 0.609. The molecule has 0 saturated carbocycles. The predicted molar refractivity (Wildman–Crippen MR) is 72.3 cm³/mol. The van der Waals surface area contributed by atoms with Gasteiger partial charge in [0.15, 0.2) is 5.82 Å². The van der Waals surface area contributed by atoms with Crippen LogP contribution in [0.1, 0.15) is 30.0 Å². The van der Waals surface area contributed by atoms with E-state index in [1.807, 2.05) is 13.8 Å². The number of amides is 1. The van der Waals surface area contributed by atoms with Crippen molar-refractivity contribution >= 4 is 5.91 Å². The molecule has 2 rings (SSSR count). The Morgan fingerprint density at radius 3 is 2.70 bits per heavy atom. The van der Waals surface area contributed by atoms with E-state index in [0.29, 0.717) is 36.8 Å². The van der Waals surface area contributed by atoms with Gasteiger partial charge in [0.25, 0.3) is 5.91 Å². The Hall–Kier alpha value is -2.44. The van der Waals surface area contributed by atoms with E-state index in [9.17, 15) is 4.79 Å². The number of ether oxygens (including phenoxy) is 1. The van der Waals surface area contributed by atoms with E-state index in [-0.39, 0.29) is 5.91 Å². The Balaban J connectivity index is 1.95. The molecule has 0 atom stereocenters. The van der Waals surface area contributed by atoms with Gasteiger partial charge in [-0.3, -0.25) is 4.79 Å². The van der Waals surface area contributed by atoms with Gasteiger partial charge in [-0.1, -0.05) is 0 Å². The van der Waals surface area contributed by atoms with Gasteiger partial charge in [-0.2, -0.15) is 0 Å². The van der Waals surface area contributed by atoms with Crippen LogP contribution in [0, 0.1) is 0 Å². The molecule has 0 bridgehead atoms. The molecule has 1 aromatic heterocycles. The molecule has 1 aromatic carbocycles. The first kappa shape index (κ1) is 14.0. The molecule has 1 amide bonds. The fraction of sp³-hybridized carbons (Fsp3) is 0.385. The predicted octanol–water partition coefficient (Wildman–Crippen LogP) is 1.02. The zero-order valence-corrected chi connectivity index (χ0v) is 11.5. The van der Waals surface area contributed by atoms with E-state index in [2.05, 4.69) is 20.8 Å². The number of aryl methyl sites for hydroxylation is 1. The van der Waals surface area contributed by atoms with Crippen molar-refractivity contribution < 1.29 is 9.53 Å². The number of carbonyl (C=O) groups is 1.